The zero-order chi connectivity index (χ0) is 27.2. The molecule has 0 amide bonds. The van der Waals surface area contributed by atoms with Crippen molar-refractivity contribution in [1.82, 2.24) is 0 Å². The third-order valence-electron chi connectivity index (χ3n) is 5.04. The highest BCUT2D eigenvalue weighted by molar-refractivity contribution is 5.60. The summed E-state index contributed by atoms with van der Waals surface area (Å²) in [6.45, 7) is -1.28. The van der Waals surface area contributed by atoms with Crippen molar-refractivity contribution in [3.8, 4) is 23.0 Å². The molecule has 200 valence electrons. The Balaban J connectivity index is 1.93. The smallest absolute Gasteiger partial charge is 0.461 e. The Morgan fingerprint density at radius 1 is 0.838 bits per heavy atom. The maximum absolute atomic E-state index is 13.3. The van der Waals surface area contributed by atoms with Gasteiger partial charge in [-0.25, -0.2) is 0 Å². The second kappa shape index (κ2) is 11.6. The van der Waals surface area contributed by atoms with Gasteiger partial charge in [-0.1, -0.05) is 24.3 Å². The van der Waals surface area contributed by atoms with E-state index >= 15 is 0 Å². The standard InChI is InChI=1S/C25H22F7NO4/c1-35-17-9-11-18(12-10-17)36-21-8-3-2-7-20(21)33(15-22(34)24(28,29)30)14-16-5-4-6-19(13-16)37-25(31,32)23(26)27/h2-13,22-23,34H,14-15H2,1H3. The molecule has 0 aromatic heterocycles. The first-order chi connectivity index (χ1) is 17.4. The van der Waals surface area contributed by atoms with Crippen LogP contribution in [0, 0.1) is 0 Å². The number of methoxy groups -OCH3 is 1. The topological polar surface area (TPSA) is 51.2 Å². The first-order valence-corrected chi connectivity index (χ1v) is 10.7. The van der Waals surface area contributed by atoms with Crippen molar-refractivity contribution in [1.29, 1.82) is 0 Å². The summed E-state index contributed by atoms with van der Waals surface area (Å²) in [7, 11) is 1.48. The Bertz CT molecular complexity index is 1160. The van der Waals surface area contributed by atoms with Gasteiger partial charge >= 0.3 is 18.7 Å². The molecular formula is C25H22F7NO4. The van der Waals surface area contributed by atoms with Gasteiger partial charge in [0.05, 0.1) is 19.3 Å². The molecule has 0 bridgehead atoms. The summed E-state index contributed by atoms with van der Waals surface area (Å²) >= 11 is 0. The maximum atomic E-state index is 13.3. The van der Waals surface area contributed by atoms with Crippen molar-refractivity contribution in [3.63, 3.8) is 0 Å². The van der Waals surface area contributed by atoms with Crippen LogP contribution >= 0.6 is 0 Å². The second-order valence-corrected chi connectivity index (χ2v) is 7.80. The van der Waals surface area contributed by atoms with Crippen molar-refractivity contribution in [3.05, 3.63) is 78.4 Å². The van der Waals surface area contributed by atoms with E-state index < -0.39 is 37.1 Å². The van der Waals surface area contributed by atoms with Gasteiger partial charge in [0.2, 0.25) is 0 Å². The monoisotopic (exact) mass is 533 g/mol. The van der Waals surface area contributed by atoms with Gasteiger partial charge in [-0.2, -0.15) is 30.7 Å². The fraction of sp³-hybridized carbons (Fsp3) is 0.280. The third kappa shape index (κ3) is 7.66. The molecule has 12 heteroatoms. The van der Waals surface area contributed by atoms with Crippen LogP contribution in [0.4, 0.5) is 36.4 Å². The van der Waals surface area contributed by atoms with Crippen LogP contribution in [-0.2, 0) is 6.54 Å². The third-order valence-corrected chi connectivity index (χ3v) is 5.04. The molecule has 0 heterocycles. The molecule has 37 heavy (non-hydrogen) atoms. The highest BCUT2D eigenvalue weighted by atomic mass is 19.4. The zero-order valence-electron chi connectivity index (χ0n) is 19.3. The van der Waals surface area contributed by atoms with Gasteiger partial charge in [0.25, 0.3) is 0 Å². The average Bonchev–Trinajstić information content (AvgIpc) is 2.84. The molecule has 0 radical (unpaired) electrons. The second-order valence-electron chi connectivity index (χ2n) is 7.80. The van der Waals surface area contributed by atoms with Gasteiger partial charge in [0.1, 0.15) is 17.2 Å². The molecule has 1 atom stereocenters. The van der Waals surface area contributed by atoms with Crippen LogP contribution in [0.5, 0.6) is 23.0 Å². The highest BCUT2D eigenvalue weighted by Crippen LogP contribution is 2.35. The lowest BCUT2D eigenvalue weighted by Crippen LogP contribution is -2.41. The lowest BCUT2D eigenvalue weighted by Gasteiger charge is -2.30. The molecule has 0 saturated carbocycles. The predicted octanol–water partition coefficient (Wildman–Crippen LogP) is 6.65. The number of rotatable bonds is 11. The summed E-state index contributed by atoms with van der Waals surface area (Å²) in [4.78, 5) is 1.13. The molecule has 1 unspecified atom stereocenters. The van der Waals surface area contributed by atoms with Crippen molar-refractivity contribution in [2.75, 3.05) is 18.6 Å². The van der Waals surface area contributed by atoms with Crippen LogP contribution in [0.25, 0.3) is 0 Å². The minimum absolute atomic E-state index is 0.138. The van der Waals surface area contributed by atoms with E-state index in [1.807, 2.05) is 0 Å². The first-order valence-electron chi connectivity index (χ1n) is 10.7. The number of hydrogen-bond acceptors (Lipinski definition) is 5. The van der Waals surface area contributed by atoms with Gasteiger partial charge in [0, 0.05) is 6.54 Å². The van der Waals surface area contributed by atoms with E-state index in [-0.39, 0.29) is 23.5 Å². The van der Waals surface area contributed by atoms with Gasteiger partial charge in [-0.3, -0.25) is 0 Å². The Kier molecular flexibility index (Phi) is 8.74. The highest BCUT2D eigenvalue weighted by Gasteiger charge is 2.44. The van der Waals surface area contributed by atoms with E-state index in [0.717, 1.165) is 17.0 Å². The summed E-state index contributed by atoms with van der Waals surface area (Å²) in [5.41, 5.74) is 0.294. The SMILES string of the molecule is COc1ccc(Oc2ccccc2N(Cc2cccc(OC(F)(F)C(F)F)c2)CC(O)C(F)(F)F)cc1. The maximum Gasteiger partial charge on any atom is 0.461 e. The Morgan fingerprint density at radius 2 is 1.49 bits per heavy atom. The van der Waals surface area contributed by atoms with Crippen LogP contribution in [0.3, 0.4) is 0 Å². The molecule has 0 saturated heterocycles. The predicted molar refractivity (Wildman–Crippen MR) is 121 cm³/mol. The number of para-hydroxylation sites is 2. The number of nitrogens with zero attached hydrogens (tertiary/aromatic N) is 1. The zero-order valence-corrected chi connectivity index (χ0v) is 19.3. The van der Waals surface area contributed by atoms with Crippen LogP contribution in [0.2, 0.25) is 0 Å². The number of benzene rings is 3. The summed E-state index contributed by atoms with van der Waals surface area (Å²) in [5, 5.41) is 9.77. The van der Waals surface area contributed by atoms with Crippen molar-refractivity contribution < 1.29 is 50.1 Å². The van der Waals surface area contributed by atoms with Crippen LogP contribution < -0.4 is 19.1 Å². The lowest BCUT2D eigenvalue weighted by molar-refractivity contribution is -0.253. The van der Waals surface area contributed by atoms with Gasteiger partial charge < -0.3 is 24.2 Å². The van der Waals surface area contributed by atoms with Gasteiger partial charge in [-0.15, -0.1) is 0 Å². The molecule has 0 fully saturated rings. The van der Waals surface area contributed by atoms with E-state index in [0.29, 0.717) is 11.5 Å². The normalized spacial score (nSPS) is 12.8. The molecule has 5 nitrogen and oxygen atoms in total. The number of ether oxygens (including phenoxy) is 3. The van der Waals surface area contributed by atoms with Crippen molar-refractivity contribution in [2.45, 2.75) is 31.4 Å². The van der Waals surface area contributed by atoms with Crippen molar-refractivity contribution >= 4 is 5.69 Å². The first kappa shape index (κ1) is 27.9. The minimum atomic E-state index is -4.95. The van der Waals surface area contributed by atoms with Gasteiger partial charge in [-0.05, 0) is 54.1 Å². The summed E-state index contributed by atoms with van der Waals surface area (Å²) in [6, 6.07) is 17.1. The fourth-order valence-corrected chi connectivity index (χ4v) is 3.27. The largest absolute Gasteiger partial charge is 0.497 e. The number of alkyl halides is 7. The number of aliphatic hydroxyl groups excluding tert-OH is 1. The molecule has 3 aromatic rings. The Morgan fingerprint density at radius 3 is 2.11 bits per heavy atom. The average molecular weight is 533 g/mol. The van der Waals surface area contributed by atoms with E-state index in [4.69, 9.17) is 9.47 Å². The van der Waals surface area contributed by atoms with E-state index in [9.17, 15) is 35.8 Å². The minimum Gasteiger partial charge on any atom is -0.497 e. The Hall–Kier alpha value is -3.67. The van der Waals surface area contributed by atoms with E-state index in [1.165, 1.54) is 37.4 Å². The lowest BCUT2D eigenvalue weighted by atomic mass is 10.1. The van der Waals surface area contributed by atoms with Gasteiger partial charge in [0.15, 0.2) is 11.9 Å². The number of hydrogen-bond donors (Lipinski definition) is 1. The quantitative estimate of drug-likeness (QED) is 0.280. The van der Waals surface area contributed by atoms with Crippen molar-refractivity contribution in [2.24, 2.45) is 0 Å². The van der Waals surface area contributed by atoms with Crippen LogP contribution in [0.15, 0.2) is 72.8 Å². The summed E-state index contributed by atoms with van der Waals surface area (Å²) in [5.74, 6) is 0.421. The molecule has 3 aromatic carbocycles. The molecule has 0 aliphatic carbocycles. The molecule has 0 aliphatic rings. The molecular weight excluding hydrogens is 511 g/mol. The summed E-state index contributed by atoms with van der Waals surface area (Å²) in [6.07, 6.45) is -16.6. The van der Waals surface area contributed by atoms with E-state index in [1.54, 1.807) is 30.3 Å². The number of halogens is 7. The summed E-state index contributed by atoms with van der Waals surface area (Å²) < 4.78 is 106. The number of aliphatic hydroxyl groups is 1. The molecule has 3 rings (SSSR count). The number of anilines is 1. The van der Waals surface area contributed by atoms with Crippen LogP contribution in [0.1, 0.15) is 5.56 Å². The van der Waals surface area contributed by atoms with E-state index in [2.05, 4.69) is 4.74 Å². The molecule has 0 spiro atoms. The van der Waals surface area contributed by atoms with Crippen LogP contribution in [-0.4, -0.2) is 43.6 Å². The molecule has 0 aliphatic heterocycles. The molecule has 1 N–H and O–H groups in total. The fourth-order valence-electron chi connectivity index (χ4n) is 3.27. The Labute approximate surface area is 207 Å².